The highest BCUT2D eigenvalue weighted by Gasteiger charge is 2.29. The van der Waals surface area contributed by atoms with Crippen LogP contribution in [-0.2, 0) is 4.79 Å². The minimum absolute atomic E-state index is 0. The van der Waals surface area contributed by atoms with Crippen molar-refractivity contribution in [2.75, 3.05) is 30.3 Å². The number of likely N-dealkylation sites (tertiary alicyclic amines) is 1. The fraction of sp³-hybridized carbons (Fsp3) is 0.471. The molecule has 0 bridgehead atoms. The zero-order valence-electron chi connectivity index (χ0n) is 14.6. The largest absolute Gasteiger partial charge is 0.346 e. The van der Waals surface area contributed by atoms with Gasteiger partial charge in [-0.1, -0.05) is 6.92 Å². The molecule has 2 aliphatic heterocycles. The standard InChI is InChI=1S/C17H22N6OS.ClH/c1-11-3-5-23(8-13(11)18)17(24)14-9-22(6-7-25-14)16-12-2-4-19-15(12)20-10-21-16;/h2,4,9-11,13H,3,5-8,18H2,1H3,(H,19,20,21);1H/t11-,13-;/m0./s1. The van der Waals surface area contributed by atoms with Crippen molar-refractivity contribution in [3.63, 3.8) is 0 Å². The number of carbonyl (C=O) groups excluding carboxylic acids is 1. The van der Waals surface area contributed by atoms with E-state index in [1.807, 2.05) is 28.3 Å². The molecule has 0 saturated carbocycles. The minimum atomic E-state index is 0. The zero-order chi connectivity index (χ0) is 17.4. The van der Waals surface area contributed by atoms with Crippen LogP contribution in [0.1, 0.15) is 13.3 Å². The number of hydrogen-bond acceptors (Lipinski definition) is 6. The van der Waals surface area contributed by atoms with Crippen LogP contribution in [-0.4, -0.2) is 57.2 Å². The van der Waals surface area contributed by atoms with Crippen molar-refractivity contribution in [1.29, 1.82) is 0 Å². The molecule has 4 rings (SSSR count). The van der Waals surface area contributed by atoms with Gasteiger partial charge in [-0.25, -0.2) is 9.97 Å². The molecule has 3 N–H and O–H groups in total. The summed E-state index contributed by atoms with van der Waals surface area (Å²) in [6, 6.07) is 2.02. The second kappa shape index (κ2) is 7.85. The van der Waals surface area contributed by atoms with Gasteiger partial charge in [0.2, 0.25) is 0 Å². The van der Waals surface area contributed by atoms with Gasteiger partial charge >= 0.3 is 0 Å². The predicted octanol–water partition coefficient (Wildman–Crippen LogP) is 1.97. The summed E-state index contributed by atoms with van der Waals surface area (Å²) in [4.78, 5) is 29.4. The molecular weight excluding hydrogens is 372 g/mol. The number of piperidine rings is 1. The summed E-state index contributed by atoms with van der Waals surface area (Å²) in [7, 11) is 0. The number of aromatic amines is 1. The van der Waals surface area contributed by atoms with Crippen molar-refractivity contribution in [2.45, 2.75) is 19.4 Å². The number of anilines is 1. The Bertz CT molecular complexity index is 824. The van der Waals surface area contributed by atoms with E-state index in [1.165, 1.54) is 0 Å². The maximum atomic E-state index is 12.9. The first-order valence-corrected chi connectivity index (χ1v) is 9.56. The molecule has 0 unspecified atom stereocenters. The molecule has 0 aliphatic carbocycles. The molecule has 2 aromatic heterocycles. The third-order valence-corrected chi connectivity index (χ3v) is 5.96. The maximum Gasteiger partial charge on any atom is 0.261 e. The number of H-pyrrole nitrogens is 1. The molecule has 140 valence electrons. The Morgan fingerprint density at radius 3 is 3.04 bits per heavy atom. The maximum absolute atomic E-state index is 12.9. The molecule has 0 radical (unpaired) electrons. The highest BCUT2D eigenvalue weighted by Crippen LogP contribution is 2.30. The topological polar surface area (TPSA) is 91.1 Å². The van der Waals surface area contributed by atoms with E-state index in [1.54, 1.807) is 18.1 Å². The van der Waals surface area contributed by atoms with E-state index in [0.717, 1.165) is 47.0 Å². The van der Waals surface area contributed by atoms with Gasteiger partial charge in [0.15, 0.2) is 0 Å². The van der Waals surface area contributed by atoms with Crippen LogP contribution in [0.25, 0.3) is 11.0 Å². The van der Waals surface area contributed by atoms with E-state index in [-0.39, 0.29) is 24.4 Å². The molecule has 26 heavy (non-hydrogen) atoms. The molecule has 1 fully saturated rings. The second-order valence-corrected chi connectivity index (χ2v) is 7.79. The molecule has 1 amide bonds. The first-order valence-electron chi connectivity index (χ1n) is 8.57. The molecule has 0 aromatic carbocycles. The van der Waals surface area contributed by atoms with Crippen LogP contribution >= 0.6 is 24.2 Å². The van der Waals surface area contributed by atoms with Crippen LogP contribution in [0, 0.1) is 5.92 Å². The average molecular weight is 395 g/mol. The Hall–Kier alpha value is -1.77. The number of fused-ring (bicyclic) bond motifs is 1. The Balaban J connectivity index is 0.00000196. The number of hydrogen-bond donors (Lipinski definition) is 2. The van der Waals surface area contributed by atoms with Crippen molar-refractivity contribution < 1.29 is 4.79 Å². The SMILES string of the molecule is C[C@H]1CCN(C(=O)C2=CN(c3ncnc4[nH]ccc34)CCS2)C[C@@H]1N.Cl. The molecule has 2 aliphatic rings. The normalized spacial score (nSPS) is 23.5. The summed E-state index contributed by atoms with van der Waals surface area (Å²) in [6.07, 6.45) is 6.29. The first kappa shape index (κ1) is 19.0. The lowest BCUT2D eigenvalue weighted by molar-refractivity contribution is -0.128. The number of thioether (sulfide) groups is 1. The highest BCUT2D eigenvalue weighted by molar-refractivity contribution is 8.04. The lowest BCUT2D eigenvalue weighted by Crippen LogP contribution is -2.50. The van der Waals surface area contributed by atoms with Crippen LogP contribution in [0.2, 0.25) is 0 Å². The fourth-order valence-electron chi connectivity index (χ4n) is 3.31. The van der Waals surface area contributed by atoms with Gasteiger partial charge in [0.05, 0.1) is 10.3 Å². The van der Waals surface area contributed by atoms with Gasteiger partial charge in [-0.3, -0.25) is 4.79 Å². The number of nitrogens with two attached hydrogens (primary N) is 1. The van der Waals surface area contributed by atoms with E-state index in [4.69, 9.17) is 5.73 Å². The van der Waals surface area contributed by atoms with Gasteiger partial charge < -0.3 is 20.5 Å². The summed E-state index contributed by atoms with van der Waals surface area (Å²) in [5.74, 6) is 2.23. The number of amides is 1. The molecule has 9 heteroatoms. The number of nitrogens with zero attached hydrogens (tertiary/aromatic N) is 4. The summed E-state index contributed by atoms with van der Waals surface area (Å²) < 4.78 is 0. The number of rotatable bonds is 2. The first-order chi connectivity index (χ1) is 12.1. The molecule has 2 aromatic rings. The van der Waals surface area contributed by atoms with E-state index < -0.39 is 0 Å². The highest BCUT2D eigenvalue weighted by atomic mass is 35.5. The Morgan fingerprint density at radius 2 is 2.23 bits per heavy atom. The Kier molecular flexibility index (Phi) is 5.74. The van der Waals surface area contributed by atoms with Gasteiger partial charge in [0, 0.05) is 43.8 Å². The Morgan fingerprint density at radius 1 is 1.38 bits per heavy atom. The minimum Gasteiger partial charge on any atom is -0.346 e. The quantitative estimate of drug-likeness (QED) is 0.809. The summed E-state index contributed by atoms with van der Waals surface area (Å²) in [5, 5.41) is 0.964. The van der Waals surface area contributed by atoms with E-state index in [2.05, 4.69) is 21.9 Å². The molecule has 1 saturated heterocycles. The number of halogens is 1. The lowest BCUT2D eigenvalue weighted by atomic mass is 9.94. The molecule has 2 atom stereocenters. The van der Waals surface area contributed by atoms with Crippen LogP contribution in [0.15, 0.2) is 29.7 Å². The molecule has 0 spiro atoms. The zero-order valence-corrected chi connectivity index (χ0v) is 16.2. The van der Waals surface area contributed by atoms with Gasteiger partial charge in [-0.05, 0) is 18.4 Å². The van der Waals surface area contributed by atoms with Gasteiger partial charge in [-0.15, -0.1) is 24.2 Å². The van der Waals surface area contributed by atoms with Gasteiger partial charge in [0.1, 0.15) is 17.8 Å². The summed E-state index contributed by atoms with van der Waals surface area (Å²) in [5.41, 5.74) is 6.96. The second-order valence-electron chi connectivity index (χ2n) is 6.65. The van der Waals surface area contributed by atoms with Crippen molar-refractivity contribution >= 4 is 46.9 Å². The van der Waals surface area contributed by atoms with Gasteiger partial charge in [0.25, 0.3) is 5.91 Å². The number of carbonyl (C=O) groups is 1. The fourth-order valence-corrected chi connectivity index (χ4v) is 4.27. The summed E-state index contributed by atoms with van der Waals surface area (Å²) in [6.45, 7) is 4.38. The number of nitrogens with one attached hydrogen (secondary N) is 1. The summed E-state index contributed by atoms with van der Waals surface area (Å²) >= 11 is 1.61. The van der Waals surface area contributed by atoms with Crippen LogP contribution < -0.4 is 10.6 Å². The van der Waals surface area contributed by atoms with Crippen molar-refractivity contribution in [3.8, 4) is 0 Å². The Labute approximate surface area is 162 Å². The predicted molar refractivity (Wildman–Crippen MR) is 107 cm³/mol. The van der Waals surface area contributed by atoms with E-state index in [9.17, 15) is 4.79 Å². The third-order valence-electron chi connectivity index (χ3n) is 4.98. The molecule has 4 heterocycles. The third kappa shape index (κ3) is 3.54. The average Bonchev–Trinajstić information content (AvgIpc) is 3.12. The monoisotopic (exact) mass is 394 g/mol. The number of aromatic nitrogens is 3. The van der Waals surface area contributed by atoms with Gasteiger partial charge in [-0.2, -0.15) is 0 Å². The lowest BCUT2D eigenvalue weighted by Gasteiger charge is -2.36. The van der Waals surface area contributed by atoms with Crippen LogP contribution in [0.5, 0.6) is 0 Å². The van der Waals surface area contributed by atoms with Crippen LogP contribution in [0.4, 0.5) is 5.82 Å². The van der Waals surface area contributed by atoms with E-state index in [0.29, 0.717) is 12.5 Å². The van der Waals surface area contributed by atoms with E-state index >= 15 is 0 Å². The molecule has 7 nitrogen and oxygen atoms in total. The van der Waals surface area contributed by atoms with Crippen molar-refractivity contribution in [3.05, 3.63) is 29.7 Å². The van der Waals surface area contributed by atoms with Crippen molar-refractivity contribution in [2.24, 2.45) is 11.7 Å². The smallest absolute Gasteiger partial charge is 0.261 e. The van der Waals surface area contributed by atoms with Crippen LogP contribution in [0.3, 0.4) is 0 Å². The van der Waals surface area contributed by atoms with Crippen molar-refractivity contribution in [1.82, 2.24) is 19.9 Å². The molecular formula is C17H23ClN6OS.